The Morgan fingerprint density at radius 3 is 2.91 bits per heavy atom. The van der Waals surface area contributed by atoms with Crippen molar-refractivity contribution >= 4 is 29.8 Å². The molecule has 3 rings (SSSR count). The van der Waals surface area contributed by atoms with Gasteiger partial charge in [-0.1, -0.05) is 14.7 Å². The molecule has 4 N–H and O–H groups in total. The van der Waals surface area contributed by atoms with Crippen LogP contribution in [-0.2, 0) is 16.6 Å². The molecular formula is C14H25N6OPS. The summed E-state index contributed by atoms with van der Waals surface area (Å²) in [5, 5.41) is 13.5. The maximum Gasteiger partial charge on any atom is 0.169 e. The SMILES string of the molecule is CCn1ncc2c1PCC=C2NCC1CCN(S(=N)(N)=O)CC1. The van der Waals surface area contributed by atoms with Gasteiger partial charge in [0.25, 0.3) is 0 Å². The lowest BCUT2D eigenvalue weighted by Crippen LogP contribution is -2.43. The molecule has 0 aliphatic carbocycles. The van der Waals surface area contributed by atoms with E-state index in [9.17, 15) is 4.21 Å². The summed E-state index contributed by atoms with van der Waals surface area (Å²) >= 11 is 0. The molecule has 128 valence electrons. The molecule has 2 aliphatic rings. The van der Waals surface area contributed by atoms with Crippen molar-refractivity contribution < 1.29 is 4.21 Å². The first-order chi connectivity index (χ1) is 11.0. The Balaban J connectivity index is 1.56. The molecule has 3 heterocycles. The van der Waals surface area contributed by atoms with Crippen molar-refractivity contribution in [3.8, 4) is 0 Å². The van der Waals surface area contributed by atoms with Crippen molar-refractivity contribution in [2.45, 2.75) is 26.3 Å². The minimum atomic E-state index is -3.03. The first-order valence-corrected chi connectivity index (χ1v) is 10.8. The third kappa shape index (κ3) is 3.76. The van der Waals surface area contributed by atoms with Crippen LogP contribution in [0.5, 0.6) is 0 Å². The summed E-state index contributed by atoms with van der Waals surface area (Å²) in [6.07, 6.45) is 7.17. The number of aromatic nitrogens is 2. The maximum atomic E-state index is 11.6. The number of nitrogens with one attached hydrogen (secondary N) is 2. The lowest BCUT2D eigenvalue weighted by Gasteiger charge is -2.31. The van der Waals surface area contributed by atoms with Crippen molar-refractivity contribution in [3.63, 3.8) is 0 Å². The van der Waals surface area contributed by atoms with Gasteiger partial charge in [0.15, 0.2) is 10.1 Å². The average Bonchev–Trinajstić information content (AvgIpc) is 2.96. The molecule has 7 nitrogen and oxygen atoms in total. The number of hydrogen-bond acceptors (Lipinski definition) is 4. The zero-order valence-electron chi connectivity index (χ0n) is 13.4. The summed E-state index contributed by atoms with van der Waals surface area (Å²) in [5.41, 5.74) is 3.79. The fourth-order valence-electron chi connectivity index (χ4n) is 3.17. The summed E-state index contributed by atoms with van der Waals surface area (Å²) < 4.78 is 22.7. The van der Waals surface area contributed by atoms with Gasteiger partial charge in [-0.3, -0.25) is 4.68 Å². The molecule has 2 aliphatic heterocycles. The second kappa shape index (κ2) is 6.89. The van der Waals surface area contributed by atoms with Crippen LogP contribution in [0.4, 0.5) is 0 Å². The van der Waals surface area contributed by atoms with Gasteiger partial charge < -0.3 is 5.32 Å². The monoisotopic (exact) mass is 356 g/mol. The Labute approximate surface area is 139 Å². The van der Waals surface area contributed by atoms with E-state index in [1.165, 1.54) is 16.7 Å². The number of rotatable bonds is 5. The molecule has 1 aromatic heterocycles. The van der Waals surface area contributed by atoms with E-state index in [4.69, 9.17) is 9.92 Å². The van der Waals surface area contributed by atoms with Crippen molar-refractivity contribution in [1.29, 1.82) is 4.78 Å². The Kier molecular flexibility index (Phi) is 5.06. The highest BCUT2D eigenvalue weighted by molar-refractivity contribution is 7.87. The minimum absolute atomic E-state index is 0.531. The van der Waals surface area contributed by atoms with Crippen LogP contribution < -0.4 is 15.9 Å². The van der Waals surface area contributed by atoms with Crippen molar-refractivity contribution in [2.24, 2.45) is 11.1 Å². The minimum Gasteiger partial charge on any atom is -0.384 e. The Hall–Kier alpha value is -0.950. The highest BCUT2D eigenvalue weighted by Gasteiger charge is 2.24. The van der Waals surface area contributed by atoms with Gasteiger partial charge in [-0.15, -0.1) is 0 Å². The van der Waals surface area contributed by atoms with Crippen LogP contribution in [0.25, 0.3) is 5.70 Å². The molecule has 9 heteroatoms. The quantitative estimate of drug-likeness (QED) is 0.677. The van der Waals surface area contributed by atoms with Crippen molar-refractivity contribution in [3.05, 3.63) is 17.8 Å². The molecule has 1 fully saturated rings. The van der Waals surface area contributed by atoms with Crippen LogP contribution in [0.2, 0.25) is 0 Å². The summed E-state index contributed by atoms with van der Waals surface area (Å²) in [6.45, 7) is 5.23. The maximum absolute atomic E-state index is 11.6. The smallest absolute Gasteiger partial charge is 0.169 e. The van der Waals surface area contributed by atoms with E-state index >= 15 is 0 Å². The highest BCUT2D eigenvalue weighted by atomic mass is 32.2. The van der Waals surface area contributed by atoms with Crippen LogP contribution in [0.1, 0.15) is 25.3 Å². The standard InChI is InChI=1S/C14H25N6OPS/c1-2-20-14-12(10-18-20)13(5-8-22-14)17-9-11-3-6-19(7-4-11)23(15,16)21/h5,10-11,17,22H,2-4,6-9H2,1H3,(H3,15,16,21). The van der Waals surface area contributed by atoms with Gasteiger partial charge in [-0.2, -0.15) is 5.10 Å². The van der Waals surface area contributed by atoms with Gasteiger partial charge in [0.05, 0.1) is 11.6 Å². The molecule has 1 saturated heterocycles. The van der Waals surface area contributed by atoms with E-state index < -0.39 is 10.1 Å². The van der Waals surface area contributed by atoms with E-state index in [0.29, 0.717) is 19.0 Å². The summed E-state index contributed by atoms with van der Waals surface area (Å²) in [7, 11) is -2.23. The predicted molar refractivity (Wildman–Crippen MR) is 96.0 cm³/mol. The number of allylic oxidation sites excluding steroid dienone is 1. The summed E-state index contributed by atoms with van der Waals surface area (Å²) in [4.78, 5) is 0. The summed E-state index contributed by atoms with van der Waals surface area (Å²) in [6, 6.07) is 0. The lowest BCUT2D eigenvalue weighted by atomic mass is 9.98. The number of piperidine rings is 1. The van der Waals surface area contributed by atoms with E-state index in [1.807, 2.05) is 6.20 Å². The second-order valence-corrected chi connectivity index (χ2v) is 8.93. The van der Waals surface area contributed by atoms with Crippen molar-refractivity contribution in [2.75, 3.05) is 25.8 Å². The van der Waals surface area contributed by atoms with Crippen LogP contribution in [0.3, 0.4) is 0 Å². The molecule has 0 radical (unpaired) electrons. The largest absolute Gasteiger partial charge is 0.384 e. The molecule has 23 heavy (non-hydrogen) atoms. The molecule has 0 aromatic carbocycles. The normalized spacial score (nSPS) is 23.3. The van der Waals surface area contributed by atoms with Gasteiger partial charge >= 0.3 is 0 Å². The fourth-order valence-corrected chi connectivity index (χ4v) is 5.22. The Morgan fingerprint density at radius 1 is 1.52 bits per heavy atom. The fraction of sp³-hybridized carbons (Fsp3) is 0.643. The lowest BCUT2D eigenvalue weighted by molar-refractivity contribution is 0.280. The van der Waals surface area contributed by atoms with Gasteiger partial charge in [-0.05, 0) is 31.8 Å². The highest BCUT2D eigenvalue weighted by Crippen LogP contribution is 2.26. The number of nitrogens with two attached hydrogens (primary N) is 1. The first-order valence-electron chi connectivity index (χ1n) is 8.04. The van der Waals surface area contributed by atoms with E-state index in [-0.39, 0.29) is 0 Å². The zero-order valence-corrected chi connectivity index (χ0v) is 15.2. The van der Waals surface area contributed by atoms with Crippen LogP contribution in [0.15, 0.2) is 12.3 Å². The number of aryl methyl sites for hydroxylation is 1. The van der Waals surface area contributed by atoms with E-state index in [2.05, 4.69) is 28.1 Å². The van der Waals surface area contributed by atoms with Crippen molar-refractivity contribution in [1.82, 2.24) is 19.4 Å². The van der Waals surface area contributed by atoms with Crippen LogP contribution in [0, 0.1) is 10.7 Å². The molecule has 1 aromatic rings. The average molecular weight is 356 g/mol. The van der Waals surface area contributed by atoms with Gasteiger partial charge in [-0.25, -0.2) is 18.4 Å². The van der Waals surface area contributed by atoms with E-state index in [1.54, 1.807) is 4.31 Å². The third-order valence-electron chi connectivity index (χ3n) is 4.54. The first kappa shape index (κ1) is 16.9. The Morgan fingerprint density at radius 2 is 2.26 bits per heavy atom. The molecule has 0 spiro atoms. The molecule has 2 atom stereocenters. The van der Waals surface area contributed by atoms with Crippen LogP contribution >= 0.6 is 8.58 Å². The van der Waals surface area contributed by atoms with Crippen LogP contribution in [-0.4, -0.2) is 44.1 Å². The number of hydrogen-bond donors (Lipinski definition) is 3. The second-order valence-electron chi connectivity index (χ2n) is 6.04. The van der Waals surface area contributed by atoms with Gasteiger partial charge in [0, 0.05) is 37.4 Å². The van der Waals surface area contributed by atoms with Gasteiger partial charge in [0.1, 0.15) is 0 Å². The number of fused-ring (bicyclic) bond motifs is 1. The topological polar surface area (TPSA) is 100 Å². The molecule has 0 saturated carbocycles. The Bertz CT molecular complexity index is 690. The molecule has 0 amide bonds. The van der Waals surface area contributed by atoms with Gasteiger partial charge in [0.2, 0.25) is 0 Å². The molecule has 2 unspecified atom stereocenters. The summed E-state index contributed by atoms with van der Waals surface area (Å²) in [5.74, 6) is 0.531. The number of nitrogens with zero attached hydrogens (tertiary/aromatic N) is 3. The predicted octanol–water partition coefficient (Wildman–Crippen LogP) is 0.698. The zero-order chi connectivity index (χ0) is 16.4. The van der Waals surface area contributed by atoms with E-state index in [0.717, 1.165) is 40.7 Å². The molecular weight excluding hydrogens is 331 g/mol. The molecule has 0 bridgehead atoms. The third-order valence-corrected chi connectivity index (χ3v) is 6.95.